The number of carbonyl (C=O) groups excluding carboxylic acids is 1. The third-order valence-electron chi connectivity index (χ3n) is 4.46. The quantitative estimate of drug-likeness (QED) is 0.669. The lowest BCUT2D eigenvalue weighted by atomic mass is 10.1. The van der Waals surface area contributed by atoms with Crippen LogP contribution in [-0.4, -0.2) is 15.6 Å². The van der Waals surface area contributed by atoms with Crippen molar-refractivity contribution in [1.82, 2.24) is 9.78 Å². The average Bonchev–Trinajstić information content (AvgIpc) is 2.97. The molecule has 1 aromatic heterocycles. The number of hydrogen-bond acceptors (Lipinski definition) is 4. The minimum absolute atomic E-state index is 0.0191. The molecule has 0 bridgehead atoms. The molecule has 0 fully saturated rings. The highest BCUT2D eigenvalue weighted by Crippen LogP contribution is 2.19. The van der Waals surface area contributed by atoms with Gasteiger partial charge in [-0.1, -0.05) is 24.3 Å². The van der Waals surface area contributed by atoms with Gasteiger partial charge in [-0.2, -0.15) is 10.4 Å². The van der Waals surface area contributed by atoms with Crippen molar-refractivity contribution in [3.05, 3.63) is 82.2 Å². The molecule has 3 rings (SSSR count). The first-order valence-corrected chi connectivity index (χ1v) is 8.84. The van der Waals surface area contributed by atoms with Crippen LogP contribution in [0.4, 0.5) is 5.69 Å². The third kappa shape index (κ3) is 4.42. The number of nitrogens with one attached hydrogen (secondary N) is 1. The lowest BCUT2D eigenvalue weighted by molar-refractivity contribution is 0.101. The van der Waals surface area contributed by atoms with E-state index in [9.17, 15) is 10.1 Å². The molecular weight excluding hydrogens is 336 g/mol. The molecule has 0 unspecified atom stereocenters. The second-order valence-electron chi connectivity index (χ2n) is 6.69. The molecule has 0 radical (unpaired) electrons. The van der Waals surface area contributed by atoms with Crippen molar-refractivity contribution in [2.24, 2.45) is 0 Å². The summed E-state index contributed by atoms with van der Waals surface area (Å²) in [6.45, 7) is 6.86. The number of carbonyl (C=O) groups is 1. The van der Waals surface area contributed by atoms with Crippen LogP contribution in [0.25, 0.3) is 0 Å². The lowest BCUT2D eigenvalue weighted by Gasteiger charge is -2.11. The Bertz CT molecular complexity index is 1030. The van der Waals surface area contributed by atoms with Crippen molar-refractivity contribution >= 4 is 11.5 Å². The molecule has 2 aromatic carbocycles. The summed E-state index contributed by atoms with van der Waals surface area (Å²) in [7, 11) is 0. The number of aromatic nitrogens is 2. The fraction of sp³-hybridized carbons (Fsp3) is 0.227. The van der Waals surface area contributed by atoms with Crippen LogP contribution in [0.3, 0.4) is 0 Å². The standard InChI is InChI=1S/C22H22N4O/c1-15-9-16(2)26(25-15)14-19-6-4-5-18(10-19)13-24-22-11-20(17(3)27)7-8-21(22)12-23/h4-11,24H,13-14H2,1-3H3. The molecule has 3 aromatic rings. The van der Waals surface area contributed by atoms with Gasteiger partial charge in [0.2, 0.25) is 0 Å². The van der Waals surface area contributed by atoms with Gasteiger partial charge in [-0.05, 0) is 56.2 Å². The number of rotatable bonds is 6. The topological polar surface area (TPSA) is 70.7 Å². The molecule has 5 nitrogen and oxygen atoms in total. The van der Waals surface area contributed by atoms with Crippen LogP contribution < -0.4 is 5.32 Å². The summed E-state index contributed by atoms with van der Waals surface area (Å²) in [5, 5.41) is 17.1. The summed E-state index contributed by atoms with van der Waals surface area (Å²) in [5.74, 6) is -0.0191. The summed E-state index contributed by atoms with van der Waals surface area (Å²) in [6.07, 6.45) is 0. The lowest BCUT2D eigenvalue weighted by Crippen LogP contribution is -2.06. The van der Waals surface area contributed by atoms with Crippen molar-refractivity contribution in [2.75, 3.05) is 5.32 Å². The summed E-state index contributed by atoms with van der Waals surface area (Å²) in [4.78, 5) is 11.6. The molecule has 0 saturated heterocycles. The van der Waals surface area contributed by atoms with Gasteiger partial charge in [-0.15, -0.1) is 0 Å². The monoisotopic (exact) mass is 358 g/mol. The molecule has 0 atom stereocenters. The Morgan fingerprint density at radius 3 is 2.59 bits per heavy atom. The maximum Gasteiger partial charge on any atom is 0.159 e. The van der Waals surface area contributed by atoms with E-state index in [1.54, 1.807) is 18.2 Å². The number of nitriles is 1. The Balaban J connectivity index is 1.75. The molecule has 5 heteroatoms. The maximum atomic E-state index is 11.6. The van der Waals surface area contributed by atoms with E-state index in [0.717, 1.165) is 23.5 Å². The summed E-state index contributed by atoms with van der Waals surface area (Å²) in [6, 6.07) is 17.6. The smallest absolute Gasteiger partial charge is 0.159 e. The summed E-state index contributed by atoms with van der Waals surface area (Å²) >= 11 is 0. The first-order chi connectivity index (χ1) is 13.0. The van der Waals surface area contributed by atoms with Crippen LogP contribution in [-0.2, 0) is 13.1 Å². The van der Waals surface area contributed by atoms with Gasteiger partial charge in [-0.3, -0.25) is 9.48 Å². The number of benzene rings is 2. The molecule has 1 N–H and O–H groups in total. The highest BCUT2D eigenvalue weighted by atomic mass is 16.1. The maximum absolute atomic E-state index is 11.6. The zero-order valence-electron chi connectivity index (χ0n) is 15.8. The number of hydrogen-bond donors (Lipinski definition) is 1. The number of nitrogens with zero attached hydrogens (tertiary/aromatic N) is 3. The molecule has 0 aliphatic heterocycles. The third-order valence-corrected chi connectivity index (χ3v) is 4.46. The van der Waals surface area contributed by atoms with Crippen molar-refractivity contribution in [3.63, 3.8) is 0 Å². The van der Waals surface area contributed by atoms with Crippen LogP contribution in [0.5, 0.6) is 0 Å². The van der Waals surface area contributed by atoms with Gasteiger partial charge < -0.3 is 5.32 Å². The molecule has 0 spiro atoms. The first-order valence-electron chi connectivity index (χ1n) is 8.84. The van der Waals surface area contributed by atoms with Gasteiger partial charge in [0, 0.05) is 17.8 Å². The van der Waals surface area contributed by atoms with Gasteiger partial charge in [0.25, 0.3) is 0 Å². The minimum atomic E-state index is -0.0191. The van der Waals surface area contributed by atoms with Crippen LogP contribution in [0.1, 0.15) is 45.4 Å². The Morgan fingerprint density at radius 2 is 1.93 bits per heavy atom. The Labute approximate surface area is 159 Å². The number of ketones is 1. The molecule has 0 saturated carbocycles. The van der Waals surface area contributed by atoms with E-state index in [1.807, 2.05) is 23.7 Å². The molecule has 0 amide bonds. The normalized spacial score (nSPS) is 10.4. The van der Waals surface area contributed by atoms with Crippen molar-refractivity contribution in [2.45, 2.75) is 33.9 Å². The van der Waals surface area contributed by atoms with Crippen LogP contribution >= 0.6 is 0 Å². The number of anilines is 1. The molecule has 136 valence electrons. The van der Waals surface area contributed by atoms with Crippen molar-refractivity contribution in [3.8, 4) is 6.07 Å². The van der Waals surface area contributed by atoms with Gasteiger partial charge in [-0.25, -0.2) is 0 Å². The summed E-state index contributed by atoms with van der Waals surface area (Å²) < 4.78 is 1.99. The molecule has 0 aliphatic rings. The van der Waals surface area contributed by atoms with E-state index in [4.69, 9.17) is 0 Å². The Hall–Kier alpha value is -3.39. The summed E-state index contributed by atoms with van der Waals surface area (Å²) in [5.41, 5.74) is 6.21. The Morgan fingerprint density at radius 1 is 1.15 bits per heavy atom. The average molecular weight is 358 g/mol. The van der Waals surface area contributed by atoms with E-state index >= 15 is 0 Å². The van der Waals surface area contributed by atoms with Crippen LogP contribution in [0.15, 0.2) is 48.5 Å². The highest BCUT2D eigenvalue weighted by molar-refractivity contribution is 5.95. The molecular formula is C22H22N4O. The highest BCUT2D eigenvalue weighted by Gasteiger charge is 2.07. The van der Waals surface area contributed by atoms with E-state index in [1.165, 1.54) is 12.5 Å². The van der Waals surface area contributed by atoms with Crippen molar-refractivity contribution < 1.29 is 4.79 Å². The fourth-order valence-electron chi connectivity index (χ4n) is 3.05. The zero-order chi connectivity index (χ0) is 19.4. The van der Waals surface area contributed by atoms with Crippen molar-refractivity contribution in [1.29, 1.82) is 5.26 Å². The van der Waals surface area contributed by atoms with E-state index in [-0.39, 0.29) is 5.78 Å². The fourth-order valence-corrected chi connectivity index (χ4v) is 3.05. The van der Waals surface area contributed by atoms with Gasteiger partial charge in [0.1, 0.15) is 6.07 Å². The SMILES string of the molecule is CC(=O)c1ccc(C#N)c(NCc2cccc(Cn3nc(C)cc3C)c2)c1. The van der Waals surface area contributed by atoms with Gasteiger partial charge in [0.05, 0.1) is 23.5 Å². The second kappa shape index (κ2) is 7.88. The van der Waals surface area contributed by atoms with E-state index < -0.39 is 0 Å². The minimum Gasteiger partial charge on any atom is -0.380 e. The van der Waals surface area contributed by atoms with Crippen LogP contribution in [0, 0.1) is 25.2 Å². The van der Waals surface area contributed by atoms with Gasteiger partial charge >= 0.3 is 0 Å². The number of aryl methyl sites for hydroxylation is 2. The second-order valence-corrected chi connectivity index (χ2v) is 6.69. The van der Waals surface area contributed by atoms with E-state index in [2.05, 4.69) is 41.6 Å². The predicted octanol–water partition coefficient (Wildman–Crippen LogP) is 4.23. The largest absolute Gasteiger partial charge is 0.380 e. The predicted molar refractivity (Wildman–Crippen MR) is 106 cm³/mol. The molecule has 1 heterocycles. The number of Topliss-reactive ketones (excluding diaryl/α,β-unsaturated/α-hetero) is 1. The van der Waals surface area contributed by atoms with Gasteiger partial charge in [0.15, 0.2) is 5.78 Å². The molecule has 27 heavy (non-hydrogen) atoms. The molecule has 0 aliphatic carbocycles. The van der Waals surface area contributed by atoms with Crippen LogP contribution in [0.2, 0.25) is 0 Å². The first kappa shape index (κ1) is 18.4. The zero-order valence-corrected chi connectivity index (χ0v) is 15.8. The van der Waals surface area contributed by atoms with E-state index in [0.29, 0.717) is 23.4 Å². The Kier molecular flexibility index (Phi) is 5.37.